The lowest BCUT2D eigenvalue weighted by molar-refractivity contribution is -0.0511. The molecule has 4 atom stereocenters. The van der Waals surface area contributed by atoms with Crippen LogP contribution in [-0.4, -0.2) is 69.4 Å². The number of hydrogen-bond acceptors (Lipinski definition) is 9. The zero-order valence-electron chi connectivity index (χ0n) is 13.4. The van der Waals surface area contributed by atoms with Crippen LogP contribution in [0.25, 0.3) is 16.9 Å². The maximum atomic E-state index is 12.6. The molecule has 11 nitrogen and oxygen atoms in total. The van der Waals surface area contributed by atoms with Gasteiger partial charge in [-0.15, -0.1) is 0 Å². The Labute approximate surface area is 140 Å². The van der Waals surface area contributed by atoms with Gasteiger partial charge in [-0.2, -0.15) is 14.6 Å². The molecule has 4 rings (SSSR count). The fourth-order valence-corrected chi connectivity index (χ4v) is 2.86. The second-order valence-corrected chi connectivity index (χ2v) is 5.96. The molecule has 0 bridgehead atoms. The molecular weight excluding hydrogens is 332 g/mol. The van der Waals surface area contributed by atoms with E-state index in [0.29, 0.717) is 11.4 Å². The van der Waals surface area contributed by atoms with Crippen LogP contribution in [0.4, 0.5) is 0 Å². The molecule has 3 aromatic heterocycles. The number of ether oxygens (including phenoxy) is 1. The quantitative estimate of drug-likeness (QED) is 0.481. The van der Waals surface area contributed by atoms with Crippen molar-refractivity contribution in [2.24, 2.45) is 0 Å². The summed E-state index contributed by atoms with van der Waals surface area (Å²) >= 11 is 0. The molecule has 0 radical (unpaired) electrons. The van der Waals surface area contributed by atoms with Gasteiger partial charge >= 0.3 is 5.56 Å². The Hall–Kier alpha value is -2.47. The zero-order chi connectivity index (χ0) is 17.9. The van der Waals surface area contributed by atoms with E-state index in [0.717, 1.165) is 4.52 Å². The zero-order valence-corrected chi connectivity index (χ0v) is 13.4. The monoisotopic (exact) mass is 348 g/mol. The van der Waals surface area contributed by atoms with Crippen molar-refractivity contribution < 1.29 is 20.1 Å². The average Bonchev–Trinajstić information content (AvgIpc) is 3.12. The first kappa shape index (κ1) is 16.0. The van der Waals surface area contributed by atoms with E-state index in [9.17, 15) is 20.1 Å². The molecule has 1 saturated heterocycles. The molecule has 4 unspecified atom stereocenters. The Bertz CT molecular complexity index is 1030. The number of aryl methyl sites for hydroxylation is 2. The minimum atomic E-state index is -1.30. The van der Waals surface area contributed by atoms with Crippen LogP contribution in [0.1, 0.15) is 17.6 Å². The van der Waals surface area contributed by atoms with Crippen LogP contribution in [0, 0.1) is 13.8 Å². The first-order valence-electron chi connectivity index (χ1n) is 7.65. The van der Waals surface area contributed by atoms with Gasteiger partial charge in [-0.3, -0.25) is 9.36 Å². The standard InChI is InChI=1S/C14H16N6O5/c1-5-6(2)18-20-12(24)8-11(17-14(20)16-5)19(4-15-8)13-10(23)9(22)7(3-21)25-13/h4,7,9-10,13,21-23H,3H2,1-2H3. The number of hydrogen-bond donors (Lipinski definition) is 3. The minimum Gasteiger partial charge on any atom is -0.394 e. The third-order valence-corrected chi connectivity index (χ3v) is 4.39. The van der Waals surface area contributed by atoms with Gasteiger partial charge in [0.25, 0.3) is 5.78 Å². The van der Waals surface area contributed by atoms with Crippen molar-refractivity contribution in [1.29, 1.82) is 0 Å². The smallest absolute Gasteiger partial charge is 0.303 e. The van der Waals surface area contributed by atoms with Crippen molar-refractivity contribution >= 4 is 16.9 Å². The molecule has 1 aliphatic rings. The number of aliphatic hydroxyl groups excluding tert-OH is 3. The predicted molar refractivity (Wildman–Crippen MR) is 82.8 cm³/mol. The van der Waals surface area contributed by atoms with E-state index in [1.54, 1.807) is 13.8 Å². The molecular formula is C14H16N6O5. The Morgan fingerprint density at radius 1 is 1.20 bits per heavy atom. The highest BCUT2D eigenvalue weighted by molar-refractivity contribution is 5.71. The van der Waals surface area contributed by atoms with Crippen LogP contribution in [0.3, 0.4) is 0 Å². The summed E-state index contributed by atoms with van der Waals surface area (Å²) in [7, 11) is 0. The number of fused-ring (bicyclic) bond motifs is 2. The van der Waals surface area contributed by atoms with Crippen LogP contribution >= 0.6 is 0 Å². The number of aromatic nitrogens is 6. The lowest BCUT2D eigenvalue weighted by Gasteiger charge is -2.16. The van der Waals surface area contributed by atoms with Crippen LogP contribution in [-0.2, 0) is 4.74 Å². The highest BCUT2D eigenvalue weighted by atomic mass is 16.6. The third kappa shape index (κ3) is 2.24. The number of nitrogens with zero attached hydrogens (tertiary/aromatic N) is 6. The Kier molecular flexibility index (Phi) is 3.54. The van der Waals surface area contributed by atoms with Gasteiger partial charge in [0.2, 0.25) is 0 Å². The van der Waals surface area contributed by atoms with Crippen molar-refractivity contribution in [2.45, 2.75) is 38.4 Å². The second-order valence-electron chi connectivity index (χ2n) is 5.96. The van der Waals surface area contributed by atoms with Crippen LogP contribution < -0.4 is 5.56 Å². The molecule has 1 aliphatic heterocycles. The minimum absolute atomic E-state index is 0.0350. The van der Waals surface area contributed by atoms with E-state index < -0.39 is 36.7 Å². The summed E-state index contributed by atoms with van der Waals surface area (Å²) in [6.07, 6.45) is -3.26. The fourth-order valence-electron chi connectivity index (χ4n) is 2.86. The maximum absolute atomic E-state index is 12.6. The molecule has 11 heteroatoms. The molecule has 3 aromatic rings. The molecule has 4 heterocycles. The van der Waals surface area contributed by atoms with Gasteiger partial charge in [0.1, 0.15) is 18.3 Å². The first-order valence-corrected chi connectivity index (χ1v) is 7.65. The van der Waals surface area contributed by atoms with Crippen LogP contribution in [0.5, 0.6) is 0 Å². The first-order chi connectivity index (χ1) is 11.9. The van der Waals surface area contributed by atoms with Gasteiger partial charge in [0.05, 0.1) is 24.3 Å². The number of imidazole rings is 1. The van der Waals surface area contributed by atoms with E-state index in [-0.39, 0.29) is 16.9 Å². The Balaban J connectivity index is 1.93. The summed E-state index contributed by atoms with van der Waals surface area (Å²) < 4.78 is 7.88. The lowest BCUT2D eigenvalue weighted by Crippen LogP contribution is -2.33. The molecule has 0 aromatic carbocycles. The topological polar surface area (TPSA) is 148 Å². The van der Waals surface area contributed by atoms with E-state index in [1.807, 2.05) is 0 Å². The van der Waals surface area contributed by atoms with E-state index >= 15 is 0 Å². The largest absolute Gasteiger partial charge is 0.394 e. The second kappa shape index (κ2) is 5.52. The Morgan fingerprint density at radius 2 is 1.96 bits per heavy atom. The SMILES string of the molecule is Cc1nc2nc3c(ncn3C3OC(CO)C(O)C3O)c(=O)n2nc1C. The molecule has 0 saturated carbocycles. The lowest BCUT2D eigenvalue weighted by atomic mass is 10.1. The molecule has 3 N–H and O–H groups in total. The highest BCUT2D eigenvalue weighted by Crippen LogP contribution is 2.30. The van der Waals surface area contributed by atoms with Crippen LogP contribution in [0.15, 0.2) is 11.1 Å². The average molecular weight is 348 g/mol. The molecule has 132 valence electrons. The van der Waals surface area contributed by atoms with Crippen molar-refractivity contribution in [3.05, 3.63) is 28.1 Å². The summed E-state index contributed by atoms with van der Waals surface area (Å²) in [6, 6.07) is 0. The summed E-state index contributed by atoms with van der Waals surface area (Å²) in [5, 5.41) is 33.5. The molecule has 0 aliphatic carbocycles. The Morgan fingerprint density at radius 3 is 2.64 bits per heavy atom. The molecule has 0 spiro atoms. The normalized spacial score (nSPS) is 26.8. The van der Waals surface area contributed by atoms with Crippen LogP contribution in [0.2, 0.25) is 0 Å². The van der Waals surface area contributed by atoms with Gasteiger partial charge in [-0.1, -0.05) is 0 Å². The summed E-state index contributed by atoms with van der Waals surface area (Å²) in [5.41, 5.74) is 0.912. The van der Waals surface area contributed by atoms with Gasteiger partial charge in [0, 0.05) is 0 Å². The van der Waals surface area contributed by atoms with Crippen molar-refractivity contribution in [2.75, 3.05) is 6.61 Å². The molecule has 1 fully saturated rings. The summed E-state index contributed by atoms with van der Waals surface area (Å²) in [5.74, 6) is 0.0918. The van der Waals surface area contributed by atoms with Gasteiger partial charge in [-0.25, -0.2) is 9.97 Å². The number of rotatable bonds is 2. The summed E-state index contributed by atoms with van der Waals surface area (Å²) in [4.78, 5) is 25.2. The van der Waals surface area contributed by atoms with Gasteiger partial charge < -0.3 is 20.1 Å². The summed E-state index contributed by atoms with van der Waals surface area (Å²) in [6.45, 7) is 3.03. The van der Waals surface area contributed by atoms with Gasteiger partial charge in [-0.05, 0) is 13.8 Å². The van der Waals surface area contributed by atoms with E-state index in [2.05, 4.69) is 20.1 Å². The van der Waals surface area contributed by atoms with Gasteiger partial charge in [0.15, 0.2) is 17.4 Å². The van der Waals surface area contributed by atoms with E-state index in [4.69, 9.17) is 4.74 Å². The molecule has 25 heavy (non-hydrogen) atoms. The van der Waals surface area contributed by atoms with Crippen molar-refractivity contribution in [1.82, 2.24) is 29.1 Å². The van der Waals surface area contributed by atoms with Crippen molar-refractivity contribution in [3.8, 4) is 0 Å². The fraction of sp³-hybridized carbons (Fsp3) is 0.500. The molecule has 0 amide bonds. The highest BCUT2D eigenvalue weighted by Gasteiger charge is 2.44. The predicted octanol–water partition coefficient (Wildman–Crippen LogP) is -1.94. The van der Waals surface area contributed by atoms with Crippen molar-refractivity contribution in [3.63, 3.8) is 0 Å². The third-order valence-electron chi connectivity index (χ3n) is 4.39. The van der Waals surface area contributed by atoms with E-state index in [1.165, 1.54) is 10.9 Å². The maximum Gasteiger partial charge on any atom is 0.303 e. The number of aliphatic hydroxyl groups is 3.